The van der Waals surface area contributed by atoms with E-state index in [1.165, 1.54) is 0 Å². The second kappa shape index (κ2) is 5.98. The second-order valence-electron chi connectivity index (χ2n) is 6.07. The average Bonchev–Trinajstić information content (AvgIpc) is 3.02. The fraction of sp³-hybridized carbons (Fsp3) is 0.158. The quantitative estimate of drug-likeness (QED) is 0.626. The lowest BCUT2D eigenvalue weighted by molar-refractivity contribution is 0.0952. The Morgan fingerprint density at radius 2 is 2.08 bits per heavy atom. The summed E-state index contributed by atoms with van der Waals surface area (Å²) in [5, 5.41) is 3.81. The molecular weight excluding hydrogens is 314 g/mol. The van der Waals surface area contributed by atoms with Crippen LogP contribution in [0, 0.1) is 13.8 Å². The van der Waals surface area contributed by atoms with Gasteiger partial charge in [0.25, 0.3) is 5.91 Å². The molecule has 0 fully saturated rings. The van der Waals surface area contributed by atoms with Crippen LogP contribution in [0.25, 0.3) is 16.7 Å². The second-order valence-corrected chi connectivity index (χ2v) is 6.07. The van der Waals surface area contributed by atoms with Gasteiger partial charge in [0.1, 0.15) is 0 Å². The van der Waals surface area contributed by atoms with Gasteiger partial charge < -0.3 is 5.32 Å². The number of aryl methyl sites for hydroxylation is 2. The highest BCUT2D eigenvalue weighted by molar-refractivity contribution is 6.06. The van der Waals surface area contributed by atoms with E-state index in [2.05, 4.69) is 20.3 Å². The molecule has 4 rings (SSSR count). The van der Waals surface area contributed by atoms with Crippen LogP contribution in [0.1, 0.15) is 27.3 Å². The molecule has 1 amide bonds. The van der Waals surface area contributed by atoms with E-state index in [1.807, 2.05) is 61.0 Å². The molecule has 1 aromatic carbocycles. The highest BCUT2D eigenvalue weighted by atomic mass is 16.1. The third-order valence-corrected chi connectivity index (χ3v) is 4.05. The molecule has 124 valence electrons. The van der Waals surface area contributed by atoms with Crippen LogP contribution in [0.2, 0.25) is 0 Å². The topological polar surface area (TPSA) is 72.2 Å². The van der Waals surface area contributed by atoms with Gasteiger partial charge in [0.15, 0.2) is 0 Å². The molecule has 6 nitrogen and oxygen atoms in total. The first-order valence-corrected chi connectivity index (χ1v) is 8.05. The molecule has 0 aliphatic rings. The molecule has 0 atom stereocenters. The van der Waals surface area contributed by atoms with Gasteiger partial charge in [-0.3, -0.25) is 14.2 Å². The summed E-state index contributed by atoms with van der Waals surface area (Å²) in [7, 11) is 0. The van der Waals surface area contributed by atoms with Gasteiger partial charge >= 0.3 is 0 Å². The lowest BCUT2D eigenvalue weighted by Gasteiger charge is -2.09. The Bertz CT molecular complexity index is 1070. The molecule has 0 saturated heterocycles. The predicted molar refractivity (Wildman–Crippen MR) is 95.4 cm³/mol. The summed E-state index contributed by atoms with van der Waals surface area (Å²) in [5.41, 5.74) is 4.14. The number of amides is 1. The van der Waals surface area contributed by atoms with Crippen LogP contribution in [-0.2, 0) is 6.54 Å². The summed E-state index contributed by atoms with van der Waals surface area (Å²) < 4.78 is 1.83. The predicted octanol–water partition coefficient (Wildman–Crippen LogP) is 2.82. The number of fused-ring (bicyclic) bond motifs is 2. The van der Waals surface area contributed by atoms with Crippen LogP contribution in [0.5, 0.6) is 0 Å². The van der Waals surface area contributed by atoms with Gasteiger partial charge in [0.05, 0.1) is 23.3 Å². The van der Waals surface area contributed by atoms with Crippen LogP contribution >= 0.6 is 0 Å². The third kappa shape index (κ3) is 2.94. The van der Waals surface area contributed by atoms with Gasteiger partial charge in [0, 0.05) is 29.7 Å². The van der Waals surface area contributed by atoms with Gasteiger partial charge in [-0.25, -0.2) is 9.97 Å². The molecule has 3 aromatic heterocycles. The van der Waals surface area contributed by atoms with Gasteiger partial charge in [-0.05, 0) is 38.1 Å². The summed E-state index contributed by atoms with van der Waals surface area (Å²) in [6.07, 6.45) is 5.44. The Hall–Kier alpha value is -3.28. The van der Waals surface area contributed by atoms with Crippen molar-refractivity contribution in [3.63, 3.8) is 0 Å². The van der Waals surface area contributed by atoms with Crippen LogP contribution in [-0.4, -0.2) is 25.3 Å². The molecule has 0 aliphatic carbocycles. The number of rotatable bonds is 3. The smallest absolute Gasteiger partial charge is 0.252 e. The number of pyridine rings is 1. The molecule has 6 heteroatoms. The van der Waals surface area contributed by atoms with Gasteiger partial charge in [0.2, 0.25) is 5.78 Å². The van der Waals surface area contributed by atoms with E-state index in [9.17, 15) is 4.79 Å². The molecule has 1 N–H and O–H groups in total. The summed E-state index contributed by atoms with van der Waals surface area (Å²) in [6, 6.07) is 9.60. The van der Waals surface area contributed by atoms with Crippen LogP contribution in [0.15, 0.2) is 48.9 Å². The summed E-state index contributed by atoms with van der Waals surface area (Å²) in [4.78, 5) is 25.8. The maximum Gasteiger partial charge on any atom is 0.252 e. The normalized spacial score (nSPS) is 11.1. The third-order valence-electron chi connectivity index (χ3n) is 4.05. The first-order chi connectivity index (χ1) is 12.1. The Labute approximate surface area is 144 Å². The standard InChI is InChI=1S/C19H17N5O/c1-12-4-5-17-15(8-12)16(9-13(2)22-17)18(25)21-10-14-11-24-7-3-6-20-19(24)23-14/h3-9,11H,10H2,1-2H3,(H,21,25). The van der Waals surface area contributed by atoms with E-state index in [0.29, 0.717) is 17.9 Å². The Morgan fingerprint density at radius 1 is 1.20 bits per heavy atom. The van der Waals surface area contributed by atoms with E-state index in [-0.39, 0.29) is 5.91 Å². The van der Waals surface area contributed by atoms with E-state index in [4.69, 9.17) is 0 Å². The van der Waals surface area contributed by atoms with Gasteiger partial charge in [-0.2, -0.15) is 0 Å². The average molecular weight is 331 g/mol. The van der Waals surface area contributed by atoms with Crippen molar-refractivity contribution in [1.82, 2.24) is 24.7 Å². The van der Waals surface area contributed by atoms with Crippen molar-refractivity contribution >= 4 is 22.6 Å². The van der Waals surface area contributed by atoms with Crippen LogP contribution in [0.3, 0.4) is 0 Å². The zero-order valence-electron chi connectivity index (χ0n) is 14.0. The van der Waals surface area contributed by atoms with E-state index < -0.39 is 0 Å². The molecule has 0 saturated carbocycles. The van der Waals surface area contributed by atoms with E-state index >= 15 is 0 Å². The van der Waals surface area contributed by atoms with Gasteiger partial charge in [-0.1, -0.05) is 11.6 Å². The lowest BCUT2D eigenvalue weighted by Crippen LogP contribution is -2.23. The summed E-state index contributed by atoms with van der Waals surface area (Å²) >= 11 is 0. The van der Waals surface area contributed by atoms with Crippen molar-refractivity contribution in [1.29, 1.82) is 0 Å². The molecule has 0 bridgehead atoms. The molecule has 0 radical (unpaired) electrons. The minimum atomic E-state index is -0.133. The fourth-order valence-corrected chi connectivity index (χ4v) is 2.89. The molecule has 4 aromatic rings. The van der Waals surface area contributed by atoms with E-state index in [0.717, 1.165) is 27.9 Å². The Balaban J connectivity index is 1.62. The number of carbonyl (C=O) groups is 1. The van der Waals surface area contributed by atoms with Crippen molar-refractivity contribution in [3.8, 4) is 0 Å². The molecular formula is C19H17N5O. The zero-order valence-corrected chi connectivity index (χ0v) is 14.0. The number of hydrogen-bond donors (Lipinski definition) is 1. The maximum atomic E-state index is 12.7. The van der Waals surface area contributed by atoms with Crippen molar-refractivity contribution in [2.45, 2.75) is 20.4 Å². The molecule has 0 spiro atoms. The number of aromatic nitrogens is 4. The number of nitrogens with one attached hydrogen (secondary N) is 1. The number of hydrogen-bond acceptors (Lipinski definition) is 4. The lowest BCUT2D eigenvalue weighted by atomic mass is 10.0. The molecule has 3 heterocycles. The summed E-state index contributed by atoms with van der Waals surface area (Å²) in [5.74, 6) is 0.485. The Morgan fingerprint density at radius 3 is 2.92 bits per heavy atom. The largest absolute Gasteiger partial charge is 0.346 e. The minimum absolute atomic E-state index is 0.133. The highest BCUT2D eigenvalue weighted by Crippen LogP contribution is 2.20. The van der Waals surface area contributed by atoms with Crippen molar-refractivity contribution < 1.29 is 4.79 Å². The molecule has 25 heavy (non-hydrogen) atoms. The zero-order chi connectivity index (χ0) is 17.4. The van der Waals surface area contributed by atoms with Crippen molar-refractivity contribution in [2.24, 2.45) is 0 Å². The number of carbonyl (C=O) groups excluding carboxylic acids is 1. The Kier molecular flexibility index (Phi) is 3.65. The first kappa shape index (κ1) is 15.3. The number of nitrogens with zero attached hydrogens (tertiary/aromatic N) is 4. The summed E-state index contributed by atoms with van der Waals surface area (Å²) in [6.45, 7) is 4.24. The van der Waals surface area contributed by atoms with Crippen molar-refractivity contribution in [2.75, 3.05) is 0 Å². The van der Waals surface area contributed by atoms with E-state index in [1.54, 1.807) is 6.20 Å². The van der Waals surface area contributed by atoms with Crippen LogP contribution in [0.4, 0.5) is 0 Å². The maximum absolute atomic E-state index is 12.7. The first-order valence-electron chi connectivity index (χ1n) is 8.05. The van der Waals surface area contributed by atoms with Gasteiger partial charge in [-0.15, -0.1) is 0 Å². The SMILES string of the molecule is Cc1ccc2nc(C)cc(C(=O)NCc3cn4cccnc4n3)c2c1. The molecule has 0 unspecified atom stereocenters. The highest BCUT2D eigenvalue weighted by Gasteiger charge is 2.13. The monoisotopic (exact) mass is 331 g/mol. The van der Waals surface area contributed by atoms with Crippen LogP contribution < -0.4 is 5.32 Å². The van der Waals surface area contributed by atoms with Crippen molar-refractivity contribution in [3.05, 3.63) is 71.4 Å². The minimum Gasteiger partial charge on any atom is -0.346 e. The number of benzene rings is 1. The fourth-order valence-electron chi connectivity index (χ4n) is 2.89. The molecule has 0 aliphatic heterocycles. The number of imidazole rings is 1.